The molecule has 0 saturated carbocycles. The van der Waals surface area contributed by atoms with Gasteiger partial charge in [0.25, 0.3) is 0 Å². The van der Waals surface area contributed by atoms with Crippen LogP contribution in [0.3, 0.4) is 0 Å². The maximum Gasteiger partial charge on any atom is 0.160 e. The molecule has 18 heavy (non-hydrogen) atoms. The van der Waals surface area contributed by atoms with Crippen LogP contribution in [-0.4, -0.2) is 12.8 Å². The van der Waals surface area contributed by atoms with E-state index in [1.165, 1.54) is 4.88 Å². The lowest BCUT2D eigenvalue weighted by atomic mass is 10.1. The van der Waals surface area contributed by atoms with E-state index in [1.54, 1.807) is 18.3 Å². The summed E-state index contributed by atoms with van der Waals surface area (Å²) in [6, 6.07) is 10.0. The number of anilines is 1. The number of Topliss-reactive ketones (excluding diaryl/α,β-unsaturated/α-hetero) is 1. The van der Waals surface area contributed by atoms with Gasteiger partial charge >= 0.3 is 0 Å². The molecule has 2 aromatic rings. The predicted molar refractivity (Wildman–Crippen MR) is 80.6 cm³/mol. The highest BCUT2D eigenvalue weighted by Crippen LogP contribution is 2.25. The van der Waals surface area contributed by atoms with Crippen LogP contribution in [0, 0.1) is 0 Å². The molecule has 0 bridgehead atoms. The molecule has 0 radical (unpaired) electrons. The Morgan fingerprint density at radius 2 is 2.17 bits per heavy atom. The lowest BCUT2D eigenvalue weighted by molar-refractivity contribution is 0.101. The lowest BCUT2D eigenvalue weighted by Gasteiger charge is -2.19. The summed E-state index contributed by atoms with van der Waals surface area (Å²) < 4.78 is 0.852. The molecule has 0 spiro atoms. The Bertz CT molecular complexity index is 551. The fourth-order valence-corrected chi connectivity index (χ4v) is 3.16. The van der Waals surface area contributed by atoms with E-state index >= 15 is 0 Å². The van der Waals surface area contributed by atoms with E-state index in [4.69, 9.17) is 0 Å². The van der Waals surface area contributed by atoms with Crippen LogP contribution in [0.1, 0.15) is 22.2 Å². The first-order chi connectivity index (χ1) is 8.58. The van der Waals surface area contributed by atoms with Gasteiger partial charge in [-0.05, 0) is 52.5 Å². The van der Waals surface area contributed by atoms with E-state index in [0.717, 1.165) is 22.3 Å². The van der Waals surface area contributed by atoms with Gasteiger partial charge in [-0.2, -0.15) is 0 Å². The van der Waals surface area contributed by atoms with Crippen LogP contribution in [0.5, 0.6) is 0 Å². The van der Waals surface area contributed by atoms with Crippen molar-refractivity contribution in [3.05, 3.63) is 50.6 Å². The van der Waals surface area contributed by atoms with Crippen LogP contribution in [-0.2, 0) is 6.54 Å². The van der Waals surface area contributed by atoms with Crippen molar-refractivity contribution in [2.45, 2.75) is 13.5 Å². The standard InChI is InChI=1S/C14H14BrNOS/c1-10(17)13-6-5-11(8-14(13)15)16(2)9-12-4-3-7-18-12/h3-8H,9H2,1-2H3. The monoisotopic (exact) mass is 323 g/mol. The van der Waals surface area contributed by atoms with Gasteiger partial charge in [0.15, 0.2) is 5.78 Å². The molecule has 1 aromatic carbocycles. The van der Waals surface area contributed by atoms with Gasteiger partial charge in [-0.25, -0.2) is 0 Å². The summed E-state index contributed by atoms with van der Waals surface area (Å²) in [5.74, 6) is 0.0781. The van der Waals surface area contributed by atoms with Crippen molar-refractivity contribution in [2.24, 2.45) is 0 Å². The Morgan fingerprint density at radius 3 is 2.72 bits per heavy atom. The van der Waals surface area contributed by atoms with Gasteiger partial charge in [0, 0.05) is 27.6 Å². The predicted octanol–water partition coefficient (Wildman–Crippen LogP) is 4.35. The second-order valence-corrected chi connectivity index (χ2v) is 6.04. The van der Waals surface area contributed by atoms with E-state index in [2.05, 4.69) is 45.4 Å². The van der Waals surface area contributed by atoms with Gasteiger partial charge in [0.2, 0.25) is 0 Å². The molecule has 0 fully saturated rings. The normalized spacial score (nSPS) is 10.4. The molecule has 0 amide bonds. The molecule has 0 unspecified atom stereocenters. The molecule has 0 atom stereocenters. The highest BCUT2D eigenvalue weighted by Gasteiger charge is 2.08. The van der Waals surface area contributed by atoms with Crippen LogP contribution >= 0.6 is 27.3 Å². The quantitative estimate of drug-likeness (QED) is 0.779. The summed E-state index contributed by atoms with van der Waals surface area (Å²) in [4.78, 5) is 14.9. The van der Waals surface area contributed by atoms with Gasteiger partial charge in [-0.1, -0.05) is 6.07 Å². The number of ketones is 1. The van der Waals surface area contributed by atoms with Crippen LogP contribution < -0.4 is 4.90 Å². The van der Waals surface area contributed by atoms with E-state index in [1.807, 2.05) is 18.2 Å². The zero-order chi connectivity index (χ0) is 13.1. The minimum atomic E-state index is 0.0781. The average Bonchev–Trinajstić information content (AvgIpc) is 2.81. The molecule has 0 N–H and O–H groups in total. The molecular weight excluding hydrogens is 310 g/mol. The van der Waals surface area contributed by atoms with Crippen molar-refractivity contribution in [3.8, 4) is 0 Å². The van der Waals surface area contributed by atoms with Gasteiger partial charge in [0.05, 0.1) is 6.54 Å². The number of carbonyl (C=O) groups is 1. The Kier molecular flexibility index (Phi) is 4.19. The summed E-state index contributed by atoms with van der Waals surface area (Å²) >= 11 is 5.20. The van der Waals surface area contributed by atoms with E-state index in [-0.39, 0.29) is 5.78 Å². The number of carbonyl (C=O) groups excluding carboxylic acids is 1. The van der Waals surface area contributed by atoms with Gasteiger partial charge in [-0.15, -0.1) is 11.3 Å². The lowest BCUT2D eigenvalue weighted by Crippen LogP contribution is -2.15. The summed E-state index contributed by atoms with van der Waals surface area (Å²) in [6.07, 6.45) is 0. The number of rotatable bonds is 4. The highest BCUT2D eigenvalue weighted by molar-refractivity contribution is 9.10. The number of hydrogen-bond donors (Lipinski definition) is 0. The average molecular weight is 324 g/mol. The minimum Gasteiger partial charge on any atom is -0.369 e. The molecule has 0 aliphatic heterocycles. The zero-order valence-corrected chi connectivity index (χ0v) is 12.7. The number of thiophene rings is 1. The Hall–Kier alpha value is -1.13. The number of nitrogens with zero attached hydrogens (tertiary/aromatic N) is 1. The topological polar surface area (TPSA) is 20.3 Å². The molecule has 2 nitrogen and oxygen atoms in total. The summed E-state index contributed by atoms with van der Waals surface area (Å²) in [5.41, 5.74) is 1.82. The second kappa shape index (κ2) is 5.67. The van der Waals surface area contributed by atoms with Crippen molar-refractivity contribution >= 4 is 38.7 Å². The van der Waals surface area contributed by atoms with E-state index in [0.29, 0.717) is 0 Å². The van der Waals surface area contributed by atoms with Crippen molar-refractivity contribution < 1.29 is 4.79 Å². The zero-order valence-electron chi connectivity index (χ0n) is 10.3. The van der Waals surface area contributed by atoms with Crippen LogP contribution in [0.4, 0.5) is 5.69 Å². The minimum absolute atomic E-state index is 0.0781. The number of benzene rings is 1. The van der Waals surface area contributed by atoms with Gasteiger partial charge in [-0.3, -0.25) is 4.79 Å². The van der Waals surface area contributed by atoms with Crippen molar-refractivity contribution in [2.75, 3.05) is 11.9 Å². The van der Waals surface area contributed by atoms with Crippen LogP contribution in [0.15, 0.2) is 40.2 Å². The van der Waals surface area contributed by atoms with Gasteiger partial charge in [0.1, 0.15) is 0 Å². The number of halogens is 1. The van der Waals surface area contributed by atoms with Crippen LogP contribution in [0.25, 0.3) is 0 Å². The fourth-order valence-electron chi connectivity index (χ4n) is 1.75. The SMILES string of the molecule is CC(=O)c1ccc(N(C)Cc2cccs2)cc1Br. The third-order valence-corrected chi connectivity index (χ3v) is 4.26. The van der Waals surface area contributed by atoms with E-state index in [9.17, 15) is 4.79 Å². The molecule has 1 aromatic heterocycles. The molecule has 94 valence electrons. The maximum absolute atomic E-state index is 11.4. The first kappa shape index (κ1) is 13.3. The Labute approximate surface area is 119 Å². The summed E-state index contributed by atoms with van der Waals surface area (Å²) in [5, 5.41) is 2.08. The summed E-state index contributed by atoms with van der Waals surface area (Å²) in [6.45, 7) is 2.46. The molecule has 0 aliphatic rings. The van der Waals surface area contributed by atoms with Crippen LogP contribution in [0.2, 0.25) is 0 Å². The largest absolute Gasteiger partial charge is 0.369 e. The Morgan fingerprint density at radius 1 is 1.39 bits per heavy atom. The second-order valence-electron chi connectivity index (χ2n) is 4.16. The highest BCUT2D eigenvalue weighted by atomic mass is 79.9. The van der Waals surface area contributed by atoms with E-state index < -0.39 is 0 Å². The fraction of sp³-hybridized carbons (Fsp3) is 0.214. The summed E-state index contributed by atoms with van der Waals surface area (Å²) in [7, 11) is 2.05. The van der Waals surface area contributed by atoms with Gasteiger partial charge < -0.3 is 4.90 Å². The van der Waals surface area contributed by atoms with Crippen molar-refractivity contribution in [1.29, 1.82) is 0 Å². The molecule has 2 rings (SSSR count). The third kappa shape index (κ3) is 3.00. The molecule has 4 heteroatoms. The smallest absolute Gasteiger partial charge is 0.160 e. The first-order valence-corrected chi connectivity index (χ1v) is 7.29. The van der Waals surface area contributed by atoms with Crippen molar-refractivity contribution in [1.82, 2.24) is 0 Å². The Balaban J connectivity index is 2.18. The molecule has 0 aliphatic carbocycles. The molecular formula is C14H14BrNOS. The van der Waals surface area contributed by atoms with Crippen molar-refractivity contribution in [3.63, 3.8) is 0 Å². The number of hydrogen-bond acceptors (Lipinski definition) is 3. The molecule has 1 heterocycles. The molecule has 0 saturated heterocycles. The maximum atomic E-state index is 11.4. The third-order valence-electron chi connectivity index (χ3n) is 2.75. The first-order valence-electron chi connectivity index (χ1n) is 5.62.